The van der Waals surface area contributed by atoms with E-state index in [4.69, 9.17) is 10.2 Å². The maximum atomic E-state index is 11.8. The maximum Gasteiger partial charge on any atom is 0.332 e. The molecule has 2 aromatic rings. The zero-order valence-corrected chi connectivity index (χ0v) is 10.1. The third-order valence-corrected chi connectivity index (χ3v) is 2.81. The summed E-state index contributed by atoms with van der Waals surface area (Å²) in [5.74, 6) is -1.59. The molecule has 1 atom stereocenters. The van der Waals surface area contributed by atoms with E-state index in [1.54, 1.807) is 18.3 Å². The Morgan fingerprint density at radius 1 is 1.32 bits per heavy atom. The van der Waals surface area contributed by atoms with Crippen molar-refractivity contribution in [3.05, 3.63) is 36.0 Å². The number of rotatable bonds is 5. The van der Waals surface area contributed by atoms with E-state index in [1.807, 2.05) is 12.1 Å². The normalized spacial score (nSPS) is 12.3. The molecule has 0 bridgehead atoms. The third-order valence-electron chi connectivity index (χ3n) is 2.81. The number of nitrogens with one attached hydrogen (secondary N) is 2. The molecule has 1 aromatic carbocycles. The zero-order chi connectivity index (χ0) is 13.8. The Hall–Kier alpha value is -2.34. The number of carboxylic acid groups (broad SMARTS) is 1. The van der Waals surface area contributed by atoms with Crippen molar-refractivity contribution in [1.29, 1.82) is 0 Å². The first-order chi connectivity index (χ1) is 9.08. The van der Waals surface area contributed by atoms with Gasteiger partial charge < -0.3 is 20.5 Å². The highest BCUT2D eigenvalue weighted by Gasteiger charge is 2.13. The summed E-state index contributed by atoms with van der Waals surface area (Å²) in [5, 5.41) is 21.1. The van der Waals surface area contributed by atoms with Gasteiger partial charge in [0.05, 0.1) is 0 Å². The van der Waals surface area contributed by atoms with Crippen LogP contribution < -0.4 is 5.32 Å². The maximum absolute atomic E-state index is 11.8. The smallest absolute Gasteiger partial charge is 0.332 e. The molecule has 1 unspecified atom stereocenters. The first-order valence-corrected chi connectivity index (χ1v) is 5.84. The van der Waals surface area contributed by atoms with E-state index in [1.165, 1.54) is 0 Å². The SMILES string of the molecule is O=C(NCCC(O)C(=O)O)c1ccc2cc[nH]c2c1. The highest BCUT2D eigenvalue weighted by molar-refractivity contribution is 5.97. The lowest BCUT2D eigenvalue weighted by molar-refractivity contribution is -0.146. The van der Waals surface area contributed by atoms with Crippen LogP contribution in [-0.4, -0.2) is 39.7 Å². The number of aromatic nitrogens is 1. The van der Waals surface area contributed by atoms with Gasteiger partial charge in [-0.25, -0.2) is 4.79 Å². The number of aliphatic carboxylic acids is 1. The zero-order valence-electron chi connectivity index (χ0n) is 10.1. The van der Waals surface area contributed by atoms with Crippen LogP contribution in [0.5, 0.6) is 0 Å². The predicted octanol–water partition coefficient (Wildman–Crippen LogP) is 0.733. The number of aliphatic hydroxyl groups is 1. The van der Waals surface area contributed by atoms with E-state index in [-0.39, 0.29) is 18.9 Å². The van der Waals surface area contributed by atoms with Crippen LogP contribution in [0.4, 0.5) is 0 Å². The Morgan fingerprint density at radius 2 is 2.11 bits per heavy atom. The van der Waals surface area contributed by atoms with Crippen LogP contribution in [0.15, 0.2) is 30.5 Å². The number of hydrogen-bond donors (Lipinski definition) is 4. The van der Waals surface area contributed by atoms with Gasteiger partial charge in [0.2, 0.25) is 0 Å². The molecule has 1 aromatic heterocycles. The quantitative estimate of drug-likeness (QED) is 0.638. The Kier molecular flexibility index (Phi) is 3.82. The number of hydrogen-bond acceptors (Lipinski definition) is 3. The van der Waals surface area contributed by atoms with Gasteiger partial charge in [0.15, 0.2) is 6.10 Å². The molecule has 0 radical (unpaired) electrons. The minimum absolute atomic E-state index is 0.0220. The standard InChI is InChI=1S/C13H14N2O4/c16-11(13(18)19)4-6-15-12(17)9-2-1-8-3-5-14-10(8)7-9/h1-3,5,7,11,14,16H,4,6H2,(H,15,17)(H,18,19). The summed E-state index contributed by atoms with van der Waals surface area (Å²) in [7, 11) is 0. The van der Waals surface area contributed by atoms with E-state index < -0.39 is 12.1 Å². The molecule has 0 spiro atoms. The molecule has 6 nitrogen and oxygen atoms in total. The molecule has 0 saturated heterocycles. The van der Waals surface area contributed by atoms with Gasteiger partial charge in [0.25, 0.3) is 5.91 Å². The number of benzene rings is 1. The summed E-state index contributed by atoms with van der Waals surface area (Å²) in [6, 6.07) is 7.14. The Morgan fingerprint density at radius 3 is 2.84 bits per heavy atom. The van der Waals surface area contributed by atoms with E-state index in [2.05, 4.69) is 10.3 Å². The van der Waals surface area contributed by atoms with Gasteiger partial charge in [-0.3, -0.25) is 4.79 Å². The van der Waals surface area contributed by atoms with Crippen molar-refractivity contribution >= 4 is 22.8 Å². The fourth-order valence-corrected chi connectivity index (χ4v) is 1.74. The molecule has 6 heteroatoms. The Balaban J connectivity index is 1.94. The first kappa shape index (κ1) is 13.1. The van der Waals surface area contributed by atoms with Gasteiger partial charge in [-0.1, -0.05) is 6.07 Å². The molecular weight excluding hydrogens is 248 g/mol. The van der Waals surface area contributed by atoms with Crippen molar-refractivity contribution in [2.75, 3.05) is 6.54 Å². The molecule has 2 rings (SSSR count). The van der Waals surface area contributed by atoms with E-state index in [0.29, 0.717) is 5.56 Å². The highest BCUT2D eigenvalue weighted by atomic mass is 16.4. The van der Waals surface area contributed by atoms with Crippen molar-refractivity contribution < 1.29 is 19.8 Å². The van der Waals surface area contributed by atoms with Crippen molar-refractivity contribution in [2.24, 2.45) is 0 Å². The molecule has 0 saturated carbocycles. The van der Waals surface area contributed by atoms with Gasteiger partial charge in [0.1, 0.15) is 0 Å². The average molecular weight is 262 g/mol. The van der Waals surface area contributed by atoms with Crippen molar-refractivity contribution in [1.82, 2.24) is 10.3 Å². The van der Waals surface area contributed by atoms with Gasteiger partial charge in [-0.05, 0) is 23.6 Å². The van der Waals surface area contributed by atoms with Crippen LogP contribution in [-0.2, 0) is 4.79 Å². The monoisotopic (exact) mass is 262 g/mol. The summed E-state index contributed by atoms with van der Waals surface area (Å²) in [6.07, 6.45) is 0.313. The Labute approximate surface area is 109 Å². The summed E-state index contributed by atoms with van der Waals surface area (Å²) >= 11 is 0. The largest absolute Gasteiger partial charge is 0.479 e. The average Bonchev–Trinajstić information content (AvgIpc) is 2.85. The van der Waals surface area contributed by atoms with Gasteiger partial charge in [-0.15, -0.1) is 0 Å². The number of carbonyl (C=O) groups excluding carboxylic acids is 1. The molecule has 4 N–H and O–H groups in total. The molecule has 1 heterocycles. The molecule has 0 fully saturated rings. The Bertz CT molecular complexity index is 605. The summed E-state index contributed by atoms with van der Waals surface area (Å²) < 4.78 is 0. The van der Waals surface area contributed by atoms with Crippen LogP contribution in [0, 0.1) is 0 Å². The van der Waals surface area contributed by atoms with Crippen LogP contribution >= 0.6 is 0 Å². The van der Waals surface area contributed by atoms with Crippen molar-refractivity contribution in [3.63, 3.8) is 0 Å². The lowest BCUT2D eigenvalue weighted by Gasteiger charge is -2.07. The predicted molar refractivity (Wildman–Crippen MR) is 68.9 cm³/mol. The molecule has 0 aliphatic heterocycles. The number of amides is 1. The lowest BCUT2D eigenvalue weighted by atomic mass is 10.1. The number of fused-ring (bicyclic) bond motifs is 1. The molecule has 0 aliphatic rings. The summed E-state index contributed by atoms with van der Waals surface area (Å²) in [6.45, 7) is 0.106. The number of carbonyl (C=O) groups is 2. The van der Waals surface area contributed by atoms with Gasteiger partial charge in [-0.2, -0.15) is 0 Å². The fourth-order valence-electron chi connectivity index (χ4n) is 1.74. The number of H-pyrrole nitrogens is 1. The van der Waals surface area contributed by atoms with Gasteiger partial charge >= 0.3 is 5.97 Å². The second kappa shape index (κ2) is 5.53. The number of aromatic amines is 1. The minimum Gasteiger partial charge on any atom is -0.479 e. The number of aliphatic hydroxyl groups excluding tert-OH is 1. The third kappa shape index (κ3) is 3.11. The van der Waals surface area contributed by atoms with Crippen LogP contribution in [0.3, 0.4) is 0 Å². The molecule has 19 heavy (non-hydrogen) atoms. The lowest BCUT2D eigenvalue weighted by Crippen LogP contribution is -2.30. The molecule has 0 aliphatic carbocycles. The van der Waals surface area contributed by atoms with Crippen molar-refractivity contribution in [2.45, 2.75) is 12.5 Å². The van der Waals surface area contributed by atoms with Gasteiger partial charge in [0, 0.05) is 30.2 Å². The molecule has 100 valence electrons. The van der Waals surface area contributed by atoms with Crippen LogP contribution in [0.25, 0.3) is 10.9 Å². The molecular formula is C13H14N2O4. The summed E-state index contributed by atoms with van der Waals surface area (Å²) in [4.78, 5) is 25.2. The van der Waals surface area contributed by atoms with Crippen LogP contribution in [0.2, 0.25) is 0 Å². The second-order valence-corrected chi connectivity index (χ2v) is 4.18. The topological polar surface area (TPSA) is 102 Å². The number of carboxylic acids is 1. The van der Waals surface area contributed by atoms with E-state index >= 15 is 0 Å². The van der Waals surface area contributed by atoms with Crippen molar-refractivity contribution in [3.8, 4) is 0 Å². The van der Waals surface area contributed by atoms with E-state index in [0.717, 1.165) is 10.9 Å². The fraction of sp³-hybridized carbons (Fsp3) is 0.231. The van der Waals surface area contributed by atoms with Crippen LogP contribution in [0.1, 0.15) is 16.8 Å². The highest BCUT2D eigenvalue weighted by Crippen LogP contribution is 2.13. The van der Waals surface area contributed by atoms with E-state index in [9.17, 15) is 9.59 Å². The minimum atomic E-state index is -1.45. The second-order valence-electron chi connectivity index (χ2n) is 4.18. The molecule has 1 amide bonds. The first-order valence-electron chi connectivity index (χ1n) is 5.84. The summed E-state index contributed by atoms with van der Waals surface area (Å²) in [5.41, 5.74) is 1.35.